The van der Waals surface area contributed by atoms with Gasteiger partial charge >= 0.3 is 0 Å². The van der Waals surface area contributed by atoms with Gasteiger partial charge in [0.15, 0.2) is 0 Å². The van der Waals surface area contributed by atoms with Crippen molar-refractivity contribution in [2.24, 2.45) is 0 Å². The number of benzene rings is 1. The van der Waals surface area contributed by atoms with Crippen LogP contribution in [0.5, 0.6) is 0 Å². The highest BCUT2D eigenvalue weighted by atomic mass is 35.5. The van der Waals surface area contributed by atoms with Crippen molar-refractivity contribution in [3.63, 3.8) is 0 Å². The monoisotopic (exact) mass is 261 g/mol. The molecule has 0 aromatic heterocycles. The van der Waals surface area contributed by atoms with Crippen LogP contribution in [0.4, 0.5) is 0 Å². The van der Waals surface area contributed by atoms with Crippen LogP contribution in [0.25, 0.3) is 0 Å². The topological polar surface area (TPSA) is 49.3 Å². The van der Waals surface area contributed by atoms with Gasteiger partial charge in [0.05, 0.1) is 0 Å². The number of rotatable bonds is 4. The Labute approximate surface area is 104 Å². The Morgan fingerprint density at radius 3 is 2.75 bits per heavy atom. The molecule has 5 heteroatoms. The summed E-state index contributed by atoms with van der Waals surface area (Å²) in [4.78, 5) is 10.9. The summed E-state index contributed by atoms with van der Waals surface area (Å²) in [5, 5.41) is 12.4. The molecule has 1 amide bonds. The molecule has 0 aliphatic heterocycles. The zero-order chi connectivity index (χ0) is 12.1. The summed E-state index contributed by atoms with van der Waals surface area (Å²) in [6.45, 7) is 1.34. The molecule has 2 N–H and O–H groups in total. The minimum Gasteiger partial charge on any atom is -0.387 e. The van der Waals surface area contributed by atoms with Gasteiger partial charge in [-0.2, -0.15) is 0 Å². The Hall–Kier alpha value is -0.770. The molecule has 1 atom stereocenters. The molecule has 0 heterocycles. The second-order valence-corrected chi connectivity index (χ2v) is 4.41. The fourth-order valence-corrected chi connectivity index (χ4v) is 1.87. The highest BCUT2D eigenvalue weighted by molar-refractivity contribution is 6.35. The van der Waals surface area contributed by atoms with E-state index >= 15 is 0 Å². The summed E-state index contributed by atoms with van der Waals surface area (Å²) in [7, 11) is 0. The van der Waals surface area contributed by atoms with E-state index in [4.69, 9.17) is 28.3 Å². The first-order valence-electron chi connectivity index (χ1n) is 4.87. The van der Waals surface area contributed by atoms with Crippen LogP contribution in [0.3, 0.4) is 0 Å². The number of hydrogen-bond acceptors (Lipinski definition) is 2. The van der Waals surface area contributed by atoms with E-state index < -0.39 is 12.5 Å². The van der Waals surface area contributed by atoms with E-state index in [1.165, 1.54) is 0 Å². The van der Waals surface area contributed by atoms with E-state index in [1.807, 2.05) is 13.0 Å². The smallest absolute Gasteiger partial charge is 0.245 e. The zero-order valence-corrected chi connectivity index (χ0v) is 10.3. The molecule has 1 aromatic rings. The fraction of sp³-hybridized carbons (Fsp3) is 0.364. The molecule has 16 heavy (non-hydrogen) atoms. The van der Waals surface area contributed by atoms with Gasteiger partial charge in [0, 0.05) is 16.1 Å². The number of hydrogen-bond donors (Lipinski definition) is 2. The fourth-order valence-electron chi connectivity index (χ4n) is 1.39. The average molecular weight is 262 g/mol. The number of carbonyl (C=O) groups is 1. The highest BCUT2D eigenvalue weighted by Crippen LogP contribution is 2.21. The molecule has 0 saturated heterocycles. The van der Waals surface area contributed by atoms with Crippen molar-refractivity contribution in [3.05, 3.63) is 33.8 Å². The summed E-state index contributed by atoms with van der Waals surface area (Å²) in [6, 6.07) is 5.16. The van der Waals surface area contributed by atoms with E-state index in [1.54, 1.807) is 12.1 Å². The maximum Gasteiger partial charge on any atom is 0.245 e. The van der Waals surface area contributed by atoms with Gasteiger partial charge in [0.2, 0.25) is 5.91 Å². The molecule has 0 fully saturated rings. The Balaban J connectivity index is 2.62. The van der Waals surface area contributed by atoms with Crippen LogP contribution >= 0.6 is 23.2 Å². The van der Waals surface area contributed by atoms with Crippen molar-refractivity contribution in [2.75, 3.05) is 6.61 Å². The first kappa shape index (κ1) is 13.3. The molecular formula is C11H13Cl2NO2. The van der Waals surface area contributed by atoms with E-state index in [2.05, 4.69) is 5.32 Å². The number of aliphatic hydroxyl groups excluding tert-OH is 1. The zero-order valence-electron chi connectivity index (χ0n) is 8.84. The first-order chi connectivity index (χ1) is 7.52. The van der Waals surface area contributed by atoms with E-state index in [9.17, 15) is 4.79 Å². The van der Waals surface area contributed by atoms with Crippen LogP contribution < -0.4 is 5.32 Å². The van der Waals surface area contributed by atoms with Crippen molar-refractivity contribution in [2.45, 2.75) is 19.4 Å². The van der Waals surface area contributed by atoms with E-state index in [0.717, 1.165) is 5.56 Å². The van der Waals surface area contributed by atoms with Crippen LogP contribution in [0.15, 0.2) is 18.2 Å². The molecule has 0 bridgehead atoms. The molecule has 88 valence electrons. The Bertz CT molecular complexity index is 382. The van der Waals surface area contributed by atoms with Gasteiger partial charge in [-0.3, -0.25) is 4.79 Å². The van der Waals surface area contributed by atoms with Crippen LogP contribution in [-0.2, 0) is 11.2 Å². The van der Waals surface area contributed by atoms with Crippen molar-refractivity contribution >= 4 is 29.1 Å². The quantitative estimate of drug-likeness (QED) is 0.872. The Morgan fingerprint density at radius 1 is 1.50 bits per heavy atom. The SMILES string of the molecule is CC(Cc1ccc(Cl)cc1Cl)NC(=O)CO. The predicted octanol–water partition coefficient (Wildman–Crippen LogP) is 2.03. The van der Waals surface area contributed by atoms with Gasteiger partial charge < -0.3 is 10.4 Å². The molecule has 0 aliphatic rings. The molecule has 1 unspecified atom stereocenters. The lowest BCUT2D eigenvalue weighted by atomic mass is 10.1. The van der Waals surface area contributed by atoms with Crippen molar-refractivity contribution in [1.82, 2.24) is 5.32 Å². The van der Waals surface area contributed by atoms with E-state index in [-0.39, 0.29) is 6.04 Å². The second kappa shape index (κ2) is 6.09. The van der Waals surface area contributed by atoms with Crippen LogP contribution in [-0.4, -0.2) is 23.7 Å². The van der Waals surface area contributed by atoms with Crippen molar-refractivity contribution in [1.29, 1.82) is 0 Å². The summed E-state index contributed by atoms with van der Waals surface area (Å²) in [6.07, 6.45) is 0.599. The number of halogens is 2. The van der Waals surface area contributed by atoms with Crippen molar-refractivity contribution < 1.29 is 9.90 Å². The molecule has 0 spiro atoms. The standard InChI is InChI=1S/C11H13Cl2NO2/c1-7(14-11(16)6-15)4-8-2-3-9(12)5-10(8)13/h2-3,5,7,15H,4,6H2,1H3,(H,14,16). The first-order valence-corrected chi connectivity index (χ1v) is 5.62. The third-order valence-corrected chi connectivity index (χ3v) is 2.68. The summed E-state index contributed by atoms with van der Waals surface area (Å²) >= 11 is 11.8. The minimum atomic E-state index is -0.501. The number of aliphatic hydroxyl groups is 1. The maximum atomic E-state index is 10.9. The number of carbonyl (C=O) groups excluding carboxylic acids is 1. The van der Waals surface area contributed by atoms with Gasteiger partial charge in [-0.15, -0.1) is 0 Å². The summed E-state index contributed by atoms with van der Waals surface area (Å²) in [5.74, 6) is -0.391. The van der Waals surface area contributed by atoms with Crippen molar-refractivity contribution in [3.8, 4) is 0 Å². The van der Waals surface area contributed by atoms with Gasteiger partial charge in [-0.05, 0) is 31.0 Å². The Morgan fingerprint density at radius 2 is 2.19 bits per heavy atom. The predicted molar refractivity (Wildman–Crippen MR) is 64.9 cm³/mol. The third-order valence-electron chi connectivity index (χ3n) is 2.09. The highest BCUT2D eigenvalue weighted by Gasteiger charge is 2.09. The molecule has 1 aromatic carbocycles. The minimum absolute atomic E-state index is 0.0849. The largest absolute Gasteiger partial charge is 0.387 e. The number of amides is 1. The van der Waals surface area contributed by atoms with Crippen LogP contribution in [0.1, 0.15) is 12.5 Å². The summed E-state index contributed by atoms with van der Waals surface area (Å²) < 4.78 is 0. The number of nitrogens with one attached hydrogen (secondary N) is 1. The lowest BCUT2D eigenvalue weighted by Crippen LogP contribution is -2.35. The molecule has 1 rings (SSSR count). The second-order valence-electron chi connectivity index (χ2n) is 3.57. The lowest BCUT2D eigenvalue weighted by Gasteiger charge is -2.14. The van der Waals surface area contributed by atoms with Crippen LogP contribution in [0.2, 0.25) is 10.0 Å². The maximum absolute atomic E-state index is 10.9. The van der Waals surface area contributed by atoms with Gasteiger partial charge in [-0.1, -0.05) is 29.3 Å². The van der Waals surface area contributed by atoms with Gasteiger partial charge in [0.1, 0.15) is 6.61 Å². The van der Waals surface area contributed by atoms with Gasteiger partial charge in [-0.25, -0.2) is 0 Å². The average Bonchev–Trinajstić information content (AvgIpc) is 2.22. The lowest BCUT2D eigenvalue weighted by molar-refractivity contribution is -0.124. The molecule has 0 saturated carbocycles. The summed E-state index contributed by atoms with van der Waals surface area (Å²) in [5.41, 5.74) is 0.914. The molecule has 3 nitrogen and oxygen atoms in total. The van der Waals surface area contributed by atoms with E-state index in [0.29, 0.717) is 16.5 Å². The normalized spacial score (nSPS) is 12.2. The molecule has 0 radical (unpaired) electrons. The molecule has 0 aliphatic carbocycles. The Kier molecular flexibility index (Phi) is 5.06. The molecular weight excluding hydrogens is 249 g/mol. The van der Waals surface area contributed by atoms with Gasteiger partial charge in [0.25, 0.3) is 0 Å². The third kappa shape index (κ3) is 4.00. The van der Waals surface area contributed by atoms with Crippen LogP contribution in [0, 0.1) is 0 Å².